The molecule has 0 aliphatic carbocycles. The highest BCUT2D eigenvalue weighted by molar-refractivity contribution is 7.89. The average molecular weight is 457 g/mol. The highest BCUT2D eigenvalue weighted by Gasteiger charge is 2.29. The molecule has 8 nitrogen and oxygen atoms in total. The number of amides is 1. The van der Waals surface area contributed by atoms with Gasteiger partial charge in [0.15, 0.2) is 0 Å². The van der Waals surface area contributed by atoms with Gasteiger partial charge in [0.1, 0.15) is 0 Å². The standard InChI is InChI=1S/C17H28N4O4S.2ClH/c1-20-7-9-21(10-8-20)26(23,24)16-6-4-3-5-14(16)13-19-17(22)11-15(12-18)25-2;;/h3-6,15H,7-13,18H2,1-2H3,(H,19,22);2*1H. The van der Waals surface area contributed by atoms with Gasteiger partial charge in [0.2, 0.25) is 15.9 Å². The van der Waals surface area contributed by atoms with Crippen LogP contribution in [0.3, 0.4) is 0 Å². The summed E-state index contributed by atoms with van der Waals surface area (Å²) in [6, 6.07) is 6.78. The van der Waals surface area contributed by atoms with E-state index in [0.29, 0.717) is 31.7 Å². The monoisotopic (exact) mass is 456 g/mol. The van der Waals surface area contributed by atoms with Gasteiger partial charge in [-0.05, 0) is 18.7 Å². The fourth-order valence-corrected chi connectivity index (χ4v) is 4.45. The molecule has 1 saturated heterocycles. The van der Waals surface area contributed by atoms with Crippen LogP contribution in [-0.2, 0) is 26.1 Å². The summed E-state index contributed by atoms with van der Waals surface area (Å²) in [4.78, 5) is 14.4. The van der Waals surface area contributed by atoms with E-state index in [9.17, 15) is 13.2 Å². The van der Waals surface area contributed by atoms with E-state index in [2.05, 4.69) is 10.2 Å². The summed E-state index contributed by atoms with van der Waals surface area (Å²) in [6.07, 6.45) is -0.209. The van der Waals surface area contributed by atoms with E-state index in [0.717, 1.165) is 0 Å². The molecule has 0 radical (unpaired) electrons. The number of methoxy groups -OCH3 is 1. The molecular weight excluding hydrogens is 427 g/mol. The summed E-state index contributed by atoms with van der Waals surface area (Å²) in [5, 5.41) is 2.75. The van der Waals surface area contributed by atoms with Crippen molar-refractivity contribution in [3.8, 4) is 0 Å². The molecule has 1 aromatic rings. The smallest absolute Gasteiger partial charge is 0.243 e. The fourth-order valence-electron chi connectivity index (χ4n) is 2.80. The third kappa shape index (κ3) is 7.14. The Morgan fingerprint density at radius 1 is 1.21 bits per heavy atom. The number of carbonyl (C=O) groups is 1. The topological polar surface area (TPSA) is 105 Å². The molecule has 162 valence electrons. The Hall–Kier alpha value is -0.940. The van der Waals surface area contributed by atoms with E-state index in [1.807, 2.05) is 7.05 Å². The van der Waals surface area contributed by atoms with Crippen molar-refractivity contribution in [2.45, 2.75) is 24.0 Å². The maximum absolute atomic E-state index is 13.0. The van der Waals surface area contributed by atoms with Crippen LogP contribution >= 0.6 is 24.8 Å². The average Bonchev–Trinajstić information content (AvgIpc) is 2.65. The minimum atomic E-state index is -3.59. The Bertz CT molecular complexity index is 709. The predicted octanol–water partition coefficient (Wildman–Crippen LogP) is 0.446. The zero-order chi connectivity index (χ0) is 19.2. The van der Waals surface area contributed by atoms with Crippen LogP contribution in [0.5, 0.6) is 0 Å². The van der Waals surface area contributed by atoms with E-state index in [1.54, 1.807) is 24.3 Å². The number of nitrogens with zero attached hydrogens (tertiary/aromatic N) is 2. The van der Waals surface area contributed by atoms with E-state index < -0.39 is 10.0 Å². The molecule has 0 spiro atoms. The van der Waals surface area contributed by atoms with Crippen LogP contribution in [-0.4, -0.2) is 76.5 Å². The third-order valence-electron chi connectivity index (χ3n) is 4.54. The lowest BCUT2D eigenvalue weighted by molar-refractivity contribution is -0.123. The second-order valence-corrected chi connectivity index (χ2v) is 8.30. The number of nitrogens with two attached hydrogens (primary N) is 1. The molecular formula is C17H30Cl2N4O4S. The minimum absolute atomic E-state index is 0. The van der Waals surface area contributed by atoms with Gasteiger partial charge in [-0.1, -0.05) is 18.2 Å². The SMILES string of the molecule is COC(CN)CC(=O)NCc1ccccc1S(=O)(=O)N1CCN(C)CC1.Cl.Cl. The first-order valence-electron chi connectivity index (χ1n) is 8.64. The van der Waals surface area contributed by atoms with Gasteiger partial charge in [0.05, 0.1) is 17.4 Å². The van der Waals surface area contributed by atoms with Crippen molar-refractivity contribution in [1.29, 1.82) is 0 Å². The summed E-state index contributed by atoms with van der Waals surface area (Å²) in [5.74, 6) is -0.228. The van der Waals surface area contributed by atoms with Gasteiger partial charge in [-0.2, -0.15) is 4.31 Å². The van der Waals surface area contributed by atoms with Gasteiger partial charge < -0.3 is 20.7 Å². The molecule has 1 aromatic carbocycles. The lowest BCUT2D eigenvalue weighted by Crippen LogP contribution is -2.47. The maximum atomic E-state index is 13.0. The first-order valence-corrected chi connectivity index (χ1v) is 10.1. The van der Waals surface area contributed by atoms with Gasteiger partial charge in [-0.15, -0.1) is 24.8 Å². The Morgan fingerprint density at radius 2 is 1.82 bits per heavy atom. The van der Waals surface area contributed by atoms with Gasteiger partial charge >= 0.3 is 0 Å². The van der Waals surface area contributed by atoms with Crippen LogP contribution in [0.25, 0.3) is 0 Å². The summed E-state index contributed by atoms with van der Waals surface area (Å²) in [5.41, 5.74) is 6.09. The summed E-state index contributed by atoms with van der Waals surface area (Å²) >= 11 is 0. The van der Waals surface area contributed by atoms with Crippen LogP contribution in [0.4, 0.5) is 0 Å². The Morgan fingerprint density at radius 3 is 2.39 bits per heavy atom. The molecule has 2 rings (SSSR count). The molecule has 3 N–H and O–H groups in total. The number of halogens is 2. The fraction of sp³-hybridized carbons (Fsp3) is 0.588. The van der Waals surface area contributed by atoms with Crippen LogP contribution in [0.2, 0.25) is 0 Å². The van der Waals surface area contributed by atoms with Crippen LogP contribution in [0.1, 0.15) is 12.0 Å². The molecule has 1 atom stereocenters. The van der Waals surface area contributed by atoms with Crippen LogP contribution < -0.4 is 11.1 Å². The van der Waals surface area contributed by atoms with Gasteiger partial charge in [-0.25, -0.2) is 8.42 Å². The van der Waals surface area contributed by atoms with Crippen LogP contribution in [0, 0.1) is 0 Å². The zero-order valence-electron chi connectivity index (χ0n) is 16.2. The highest BCUT2D eigenvalue weighted by Crippen LogP contribution is 2.21. The van der Waals surface area contributed by atoms with Gasteiger partial charge in [0.25, 0.3) is 0 Å². The first-order chi connectivity index (χ1) is 12.4. The largest absolute Gasteiger partial charge is 0.380 e. The Labute approximate surface area is 179 Å². The predicted molar refractivity (Wildman–Crippen MR) is 114 cm³/mol. The number of rotatable bonds is 8. The first kappa shape index (κ1) is 27.1. The molecule has 1 fully saturated rings. The van der Waals surface area contributed by atoms with Gasteiger partial charge in [-0.3, -0.25) is 4.79 Å². The molecule has 1 unspecified atom stereocenters. The van der Waals surface area contributed by atoms with Crippen LogP contribution in [0.15, 0.2) is 29.2 Å². The number of benzene rings is 1. The Balaban J connectivity index is 0.00000364. The second-order valence-electron chi connectivity index (χ2n) is 6.39. The van der Waals surface area contributed by atoms with Gasteiger partial charge in [0, 0.05) is 46.4 Å². The van der Waals surface area contributed by atoms with Crippen molar-refractivity contribution in [1.82, 2.24) is 14.5 Å². The van der Waals surface area contributed by atoms with Crippen molar-refractivity contribution >= 4 is 40.7 Å². The van der Waals surface area contributed by atoms with E-state index in [1.165, 1.54) is 11.4 Å². The number of carbonyl (C=O) groups excluding carboxylic acids is 1. The summed E-state index contributed by atoms with van der Waals surface area (Å²) < 4.78 is 32.6. The number of likely N-dealkylation sites (N-methyl/N-ethyl adjacent to an activating group) is 1. The molecule has 11 heteroatoms. The number of ether oxygens (including phenoxy) is 1. The molecule has 1 aliphatic rings. The number of piperazine rings is 1. The van der Waals surface area contributed by atoms with E-state index in [4.69, 9.17) is 10.5 Å². The number of hydrogen-bond acceptors (Lipinski definition) is 6. The van der Waals surface area contributed by atoms with E-state index >= 15 is 0 Å². The highest BCUT2D eigenvalue weighted by atomic mass is 35.5. The second kappa shape index (κ2) is 12.6. The lowest BCUT2D eigenvalue weighted by Gasteiger charge is -2.32. The summed E-state index contributed by atoms with van der Waals surface area (Å²) in [6.45, 7) is 2.73. The normalized spacial score (nSPS) is 16.5. The summed E-state index contributed by atoms with van der Waals surface area (Å²) in [7, 11) is -0.109. The van der Waals surface area contributed by atoms with E-state index in [-0.39, 0.29) is 61.2 Å². The number of nitrogens with one attached hydrogen (secondary N) is 1. The number of hydrogen-bond donors (Lipinski definition) is 2. The molecule has 0 aromatic heterocycles. The maximum Gasteiger partial charge on any atom is 0.243 e. The minimum Gasteiger partial charge on any atom is -0.380 e. The zero-order valence-corrected chi connectivity index (χ0v) is 18.6. The van der Waals surface area contributed by atoms with Crippen molar-refractivity contribution in [3.05, 3.63) is 29.8 Å². The molecule has 1 aliphatic heterocycles. The number of sulfonamides is 1. The van der Waals surface area contributed by atoms with Crippen molar-refractivity contribution < 1.29 is 17.9 Å². The quantitative estimate of drug-likeness (QED) is 0.587. The molecule has 1 heterocycles. The molecule has 1 amide bonds. The molecule has 0 saturated carbocycles. The van der Waals surface area contributed by atoms with Crippen molar-refractivity contribution in [2.75, 3.05) is 46.9 Å². The molecule has 0 bridgehead atoms. The van der Waals surface area contributed by atoms with Crippen molar-refractivity contribution in [2.24, 2.45) is 5.73 Å². The third-order valence-corrected chi connectivity index (χ3v) is 6.54. The lowest BCUT2D eigenvalue weighted by atomic mass is 10.2. The van der Waals surface area contributed by atoms with Crippen molar-refractivity contribution in [3.63, 3.8) is 0 Å². The Kier molecular flexibility index (Phi) is 12.2. The molecule has 28 heavy (non-hydrogen) atoms.